The molecule has 3 aromatic rings. The number of imidazole rings is 1. The molecule has 2 heterocycles. The number of aromatic amines is 1. The van der Waals surface area contributed by atoms with E-state index < -0.39 is 11.8 Å². The number of nitrogens with zero attached hydrogens (tertiary/aromatic N) is 3. The van der Waals surface area contributed by atoms with Gasteiger partial charge in [0.05, 0.1) is 22.2 Å². The molecular weight excluding hydrogens is 487 g/mol. The van der Waals surface area contributed by atoms with E-state index in [0.29, 0.717) is 43.3 Å². The number of carboxylic acid groups (broad SMARTS) is 1. The summed E-state index contributed by atoms with van der Waals surface area (Å²) in [6, 6.07) is 6.79. The molecule has 1 unspecified atom stereocenters. The van der Waals surface area contributed by atoms with Gasteiger partial charge in [-0.05, 0) is 61.4 Å². The third-order valence-corrected chi connectivity index (χ3v) is 7.21. The molecular formula is C26H26ClFN4O4. The first-order valence-electron chi connectivity index (χ1n) is 11.9. The Balaban J connectivity index is 1.33. The number of fused-ring (bicyclic) bond motifs is 1. The van der Waals surface area contributed by atoms with E-state index in [1.54, 1.807) is 37.2 Å². The summed E-state index contributed by atoms with van der Waals surface area (Å²) < 4.78 is 21.0. The van der Waals surface area contributed by atoms with Crippen molar-refractivity contribution in [2.24, 2.45) is 11.8 Å². The van der Waals surface area contributed by atoms with Crippen LogP contribution < -0.4 is 4.74 Å². The Hall–Kier alpha value is -3.46. The van der Waals surface area contributed by atoms with Gasteiger partial charge in [0.25, 0.3) is 6.01 Å². The number of rotatable bonds is 6. The van der Waals surface area contributed by atoms with Crippen LogP contribution in [0.15, 0.2) is 30.3 Å². The Morgan fingerprint density at radius 2 is 1.97 bits per heavy atom. The van der Waals surface area contributed by atoms with Crippen LogP contribution >= 0.6 is 11.6 Å². The fourth-order valence-corrected chi connectivity index (χ4v) is 5.01. The normalized spacial score (nSPS) is 21.6. The molecule has 10 heteroatoms. The molecule has 2 aliphatic rings. The van der Waals surface area contributed by atoms with Gasteiger partial charge >= 0.3 is 5.97 Å². The van der Waals surface area contributed by atoms with Gasteiger partial charge in [0.2, 0.25) is 5.91 Å². The molecule has 0 saturated heterocycles. The molecule has 0 aliphatic heterocycles. The molecule has 5 rings (SSSR count). The first kappa shape index (κ1) is 24.2. The minimum Gasteiger partial charge on any atom is -0.481 e. The number of ether oxygens (including phenoxy) is 1. The van der Waals surface area contributed by atoms with E-state index in [0.717, 1.165) is 11.1 Å². The molecule has 1 amide bonds. The SMILES string of the molecule is CN(C)C(=O)C1CC(Oc2nc3nc(-c4ccc(C5=CCC(C(=O)O)CC5)cc4F)c(Cl)cc3[nH]2)C1. The fraction of sp³-hybridized carbons (Fsp3) is 0.385. The van der Waals surface area contributed by atoms with Crippen LogP contribution in [0.5, 0.6) is 6.01 Å². The molecule has 36 heavy (non-hydrogen) atoms. The zero-order valence-corrected chi connectivity index (χ0v) is 20.7. The Morgan fingerprint density at radius 3 is 2.61 bits per heavy atom. The van der Waals surface area contributed by atoms with Crippen LogP contribution in [-0.4, -0.2) is 57.0 Å². The van der Waals surface area contributed by atoms with Crippen LogP contribution in [0, 0.1) is 17.7 Å². The Bertz CT molecular complexity index is 1380. The Labute approximate surface area is 212 Å². The number of amides is 1. The van der Waals surface area contributed by atoms with Crippen molar-refractivity contribution < 1.29 is 23.8 Å². The topological polar surface area (TPSA) is 108 Å². The molecule has 2 aromatic heterocycles. The third-order valence-electron chi connectivity index (χ3n) is 6.92. The van der Waals surface area contributed by atoms with Crippen LogP contribution in [0.4, 0.5) is 4.39 Å². The summed E-state index contributed by atoms with van der Waals surface area (Å²) in [5, 5.41) is 9.44. The molecule has 1 fully saturated rings. The van der Waals surface area contributed by atoms with Gasteiger partial charge in [-0.25, -0.2) is 9.37 Å². The van der Waals surface area contributed by atoms with E-state index >= 15 is 4.39 Å². The van der Waals surface area contributed by atoms with E-state index in [1.807, 2.05) is 6.08 Å². The second-order valence-corrected chi connectivity index (χ2v) is 10.0. The highest BCUT2D eigenvalue weighted by molar-refractivity contribution is 6.33. The zero-order chi connectivity index (χ0) is 25.6. The first-order chi connectivity index (χ1) is 17.2. The molecule has 1 aromatic carbocycles. The fourth-order valence-electron chi connectivity index (χ4n) is 4.75. The van der Waals surface area contributed by atoms with Crippen LogP contribution in [0.3, 0.4) is 0 Å². The molecule has 0 radical (unpaired) electrons. The Morgan fingerprint density at radius 1 is 1.19 bits per heavy atom. The molecule has 188 valence electrons. The first-order valence-corrected chi connectivity index (χ1v) is 12.2. The number of benzene rings is 1. The molecule has 2 aliphatic carbocycles. The van der Waals surface area contributed by atoms with E-state index in [4.69, 9.17) is 16.3 Å². The number of aliphatic carboxylic acids is 1. The van der Waals surface area contributed by atoms with Crippen molar-refractivity contribution in [1.82, 2.24) is 19.9 Å². The number of nitrogens with one attached hydrogen (secondary N) is 1. The van der Waals surface area contributed by atoms with Crippen LogP contribution in [0.25, 0.3) is 28.0 Å². The lowest BCUT2D eigenvalue weighted by Gasteiger charge is -2.34. The quantitative estimate of drug-likeness (QED) is 0.484. The van der Waals surface area contributed by atoms with Crippen molar-refractivity contribution >= 4 is 40.2 Å². The van der Waals surface area contributed by atoms with Crippen molar-refractivity contribution in [2.45, 2.75) is 38.2 Å². The average molecular weight is 513 g/mol. The van der Waals surface area contributed by atoms with Gasteiger partial charge in [-0.1, -0.05) is 23.7 Å². The van der Waals surface area contributed by atoms with Gasteiger partial charge in [0.1, 0.15) is 11.9 Å². The summed E-state index contributed by atoms with van der Waals surface area (Å²) in [5.74, 6) is -1.61. The maximum Gasteiger partial charge on any atom is 0.306 e. The number of carbonyl (C=O) groups excluding carboxylic acids is 1. The Kier molecular flexibility index (Phi) is 6.42. The van der Waals surface area contributed by atoms with Crippen molar-refractivity contribution in [3.63, 3.8) is 0 Å². The summed E-state index contributed by atoms with van der Waals surface area (Å²) in [4.78, 5) is 36.7. The summed E-state index contributed by atoms with van der Waals surface area (Å²) in [5.41, 5.74) is 3.10. The van der Waals surface area contributed by atoms with Gasteiger partial charge in [-0.15, -0.1) is 0 Å². The summed E-state index contributed by atoms with van der Waals surface area (Å²) in [6.45, 7) is 0. The van der Waals surface area contributed by atoms with Crippen molar-refractivity contribution in [2.75, 3.05) is 14.1 Å². The van der Waals surface area contributed by atoms with Gasteiger partial charge in [-0.2, -0.15) is 4.98 Å². The number of hydrogen-bond donors (Lipinski definition) is 2. The zero-order valence-electron chi connectivity index (χ0n) is 19.9. The van der Waals surface area contributed by atoms with Gasteiger partial charge in [0.15, 0.2) is 5.65 Å². The van der Waals surface area contributed by atoms with Gasteiger partial charge < -0.3 is 19.7 Å². The predicted octanol–water partition coefficient (Wildman–Crippen LogP) is 4.93. The number of aromatic nitrogens is 3. The smallest absolute Gasteiger partial charge is 0.306 e. The van der Waals surface area contributed by atoms with Crippen LogP contribution in [0.1, 0.15) is 37.7 Å². The van der Waals surface area contributed by atoms with E-state index in [1.165, 1.54) is 6.07 Å². The third kappa shape index (κ3) is 4.67. The van der Waals surface area contributed by atoms with Crippen molar-refractivity contribution in [3.05, 3.63) is 46.7 Å². The van der Waals surface area contributed by atoms with Gasteiger partial charge in [0, 0.05) is 25.6 Å². The maximum atomic E-state index is 15.2. The van der Waals surface area contributed by atoms with E-state index in [2.05, 4.69) is 15.0 Å². The second kappa shape index (κ2) is 9.54. The van der Waals surface area contributed by atoms with Crippen molar-refractivity contribution in [3.8, 4) is 17.3 Å². The van der Waals surface area contributed by atoms with Gasteiger partial charge in [-0.3, -0.25) is 9.59 Å². The summed E-state index contributed by atoms with van der Waals surface area (Å²) in [7, 11) is 3.48. The van der Waals surface area contributed by atoms with Crippen molar-refractivity contribution in [1.29, 1.82) is 0 Å². The minimum absolute atomic E-state index is 0.0394. The number of pyridine rings is 1. The highest BCUT2D eigenvalue weighted by Crippen LogP contribution is 2.36. The van der Waals surface area contributed by atoms with E-state index in [9.17, 15) is 14.7 Å². The highest BCUT2D eigenvalue weighted by Gasteiger charge is 2.37. The lowest BCUT2D eigenvalue weighted by Crippen LogP contribution is -2.43. The summed E-state index contributed by atoms with van der Waals surface area (Å²) in [6.07, 6.45) is 4.57. The number of carbonyl (C=O) groups is 2. The molecule has 2 N–H and O–H groups in total. The summed E-state index contributed by atoms with van der Waals surface area (Å²) >= 11 is 6.45. The number of allylic oxidation sites excluding steroid dienone is 2. The molecule has 1 atom stereocenters. The number of H-pyrrole nitrogens is 1. The molecule has 0 spiro atoms. The molecule has 0 bridgehead atoms. The number of halogens is 2. The second-order valence-electron chi connectivity index (χ2n) is 9.61. The minimum atomic E-state index is -0.800. The van der Waals surface area contributed by atoms with Crippen LogP contribution in [-0.2, 0) is 9.59 Å². The predicted molar refractivity (Wildman–Crippen MR) is 133 cm³/mol. The van der Waals surface area contributed by atoms with E-state index in [-0.39, 0.29) is 46.1 Å². The molecule has 8 nitrogen and oxygen atoms in total. The standard InChI is InChI=1S/C26H26ClFN4O4/c1-32(2)24(33)16-9-17(10-16)36-26-29-21-12-19(27)22(30-23(21)31-26)18-8-7-15(11-20(18)28)13-3-5-14(6-4-13)25(34)35/h3,7-8,11-12,14,16-17H,4-6,9-10H2,1-2H3,(H,34,35)(H,29,30,31). The lowest BCUT2D eigenvalue weighted by molar-refractivity contribution is -0.142. The lowest BCUT2D eigenvalue weighted by atomic mass is 9.81. The number of hydrogen-bond acceptors (Lipinski definition) is 5. The number of carboxylic acids is 1. The van der Waals surface area contributed by atoms with Crippen LogP contribution in [0.2, 0.25) is 5.02 Å². The maximum absolute atomic E-state index is 15.2. The average Bonchev–Trinajstić information content (AvgIpc) is 3.21. The largest absolute Gasteiger partial charge is 0.481 e. The molecule has 1 saturated carbocycles. The monoisotopic (exact) mass is 512 g/mol. The highest BCUT2D eigenvalue weighted by atomic mass is 35.5.